The van der Waals surface area contributed by atoms with Gasteiger partial charge in [-0.2, -0.15) is 0 Å². The summed E-state index contributed by atoms with van der Waals surface area (Å²) >= 11 is 0. The number of nitrogens with zero attached hydrogens (tertiary/aromatic N) is 2. The van der Waals surface area contributed by atoms with Gasteiger partial charge in [-0.05, 0) is 26.2 Å². The van der Waals surface area contributed by atoms with Crippen LogP contribution in [-0.2, 0) is 11.2 Å². The van der Waals surface area contributed by atoms with E-state index in [1.165, 1.54) is 4.57 Å². The molecule has 0 saturated heterocycles. The van der Waals surface area contributed by atoms with Crippen LogP contribution < -0.4 is 11.2 Å². The maximum atomic E-state index is 12.0. The van der Waals surface area contributed by atoms with Crippen LogP contribution in [0, 0.1) is 0 Å². The van der Waals surface area contributed by atoms with Crippen LogP contribution in [-0.4, -0.2) is 30.6 Å². The fraction of sp³-hybridized carbons (Fsp3) is 0.571. The number of fused-ring (bicyclic) bond motifs is 1. The molecule has 0 bridgehead atoms. The lowest BCUT2D eigenvalue weighted by molar-refractivity contribution is -0.137. The van der Waals surface area contributed by atoms with Crippen molar-refractivity contribution < 1.29 is 9.90 Å². The second kappa shape index (κ2) is 6.59. The molecule has 120 valence electrons. The smallest absolute Gasteiger partial charge is 0.330 e. The van der Waals surface area contributed by atoms with Crippen LogP contribution in [0.25, 0.3) is 11.2 Å². The number of H-pyrrole nitrogens is 2. The second-order valence-electron chi connectivity index (χ2n) is 5.37. The van der Waals surface area contributed by atoms with Gasteiger partial charge in [-0.15, -0.1) is 0 Å². The number of carboxylic acid groups (broad SMARTS) is 1. The van der Waals surface area contributed by atoms with Crippen LogP contribution in [0.15, 0.2) is 9.59 Å². The van der Waals surface area contributed by atoms with Gasteiger partial charge >= 0.3 is 11.7 Å². The Hall–Kier alpha value is -2.38. The first-order chi connectivity index (χ1) is 10.4. The average Bonchev–Trinajstić information content (AvgIpc) is 2.87. The Kier molecular flexibility index (Phi) is 4.79. The molecule has 1 atom stereocenters. The summed E-state index contributed by atoms with van der Waals surface area (Å²) in [5.41, 5.74) is -0.302. The predicted octanol–water partition coefficient (Wildman–Crippen LogP) is 1.18. The van der Waals surface area contributed by atoms with E-state index in [0.717, 1.165) is 6.42 Å². The summed E-state index contributed by atoms with van der Waals surface area (Å²) in [6.45, 7) is 3.84. The largest absolute Gasteiger partial charge is 0.481 e. The van der Waals surface area contributed by atoms with Gasteiger partial charge < -0.3 is 10.1 Å². The van der Waals surface area contributed by atoms with Gasteiger partial charge in [-0.3, -0.25) is 19.1 Å². The standard InChI is InChI=1S/C14H20N4O4/c1-3-8(2)18-12-11(13(21)17-14(18)22)15-9(16-12)6-4-5-7-10(19)20/h8H,3-7H2,1-2H3,(H,15,16)(H,19,20)(H,17,21,22). The van der Waals surface area contributed by atoms with Gasteiger partial charge in [0.15, 0.2) is 5.65 Å². The van der Waals surface area contributed by atoms with E-state index in [4.69, 9.17) is 5.11 Å². The van der Waals surface area contributed by atoms with E-state index in [1.807, 2.05) is 13.8 Å². The van der Waals surface area contributed by atoms with Crippen LogP contribution in [0.3, 0.4) is 0 Å². The van der Waals surface area contributed by atoms with E-state index in [2.05, 4.69) is 15.0 Å². The highest BCUT2D eigenvalue weighted by atomic mass is 16.4. The minimum Gasteiger partial charge on any atom is -0.481 e. The highest BCUT2D eigenvalue weighted by molar-refractivity contribution is 5.69. The lowest BCUT2D eigenvalue weighted by atomic mass is 10.2. The third kappa shape index (κ3) is 3.26. The molecule has 0 aliphatic heterocycles. The first-order valence-corrected chi connectivity index (χ1v) is 7.39. The number of carboxylic acids is 1. The van der Waals surface area contributed by atoms with Crippen LogP contribution >= 0.6 is 0 Å². The van der Waals surface area contributed by atoms with E-state index in [0.29, 0.717) is 30.7 Å². The number of rotatable bonds is 7. The number of unbranched alkanes of at least 4 members (excludes halogenated alkanes) is 1. The topological polar surface area (TPSA) is 121 Å². The second-order valence-corrected chi connectivity index (χ2v) is 5.37. The van der Waals surface area contributed by atoms with Crippen molar-refractivity contribution in [2.24, 2.45) is 0 Å². The molecule has 2 rings (SSSR count). The number of aromatic nitrogens is 4. The summed E-state index contributed by atoms with van der Waals surface area (Å²) in [6.07, 6.45) is 2.58. The summed E-state index contributed by atoms with van der Waals surface area (Å²) in [4.78, 5) is 43.9. The van der Waals surface area contributed by atoms with Gasteiger partial charge in [-0.1, -0.05) is 6.92 Å². The first kappa shape index (κ1) is 16.0. The fourth-order valence-corrected chi connectivity index (χ4v) is 2.34. The summed E-state index contributed by atoms with van der Waals surface area (Å²) in [6, 6.07) is -0.0741. The van der Waals surface area contributed by atoms with Gasteiger partial charge in [0, 0.05) is 18.9 Å². The molecule has 8 nitrogen and oxygen atoms in total. The minimum atomic E-state index is -0.827. The molecular weight excluding hydrogens is 288 g/mol. The number of hydrogen-bond donors (Lipinski definition) is 3. The van der Waals surface area contributed by atoms with Crippen molar-refractivity contribution in [1.82, 2.24) is 19.5 Å². The monoisotopic (exact) mass is 308 g/mol. The SMILES string of the molecule is CCC(C)n1c(=O)[nH]c(=O)c2[nH]c(CCCCC(=O)O)nc21. The number of imidazole rings is 1. The molecule has 0 aromatic carbocycles. The number of carbonyl (C=O) groups is 1. The van der Waals surface area contributed by atoms with Crippen molar-refractivity contribution in [3.63, 3.8) is 0 Å². The molecular formula is C14H20N4O4. The lowest BCUT2D eigenvalue weighted by Crippen LogP contribution is -2.32. The van der Waals surface area contributed by atoms with Crippen molar-refractivity contribution in [3.05, 3.63) is 26.7 Å². The van der Waals surface area contributed by atoms with E-state index >= 15 is 0 Å². The quantitative estimate of drug-likeness (QED) is 0.663. The fourth-order valence-electron chi connectivity index (χ4n) is 2.34. The minimum absolute atomic E-state index is 0.0741. The maximum absolute atomic E-state index is 12.0. The Morgan fingerprint density at radius 1 is 1.32 bits per heavy atom. The van der Waals surface area contributed by atoms with Crippen LogP contribution in [0.4, 0.5) is 0 Å². The molecule has 3 N–H and O–H groups in total. The predicted molar refractivity (Wildman–Crippen MR) is 81.2 cm³/mol. The third-order valence-electron chi connectivity index (χ3n) is 3.71. The zero-order valence-electron chi connectivity index (χ0n) is 12.7. The van der Waals surface area contributed by atoms with Gasteiger partial charge in [0.1, 0.15) is 11.3 Å². The van der Waals surface area contributed by atoms with Crippen molar-refractivity contribution in [2.45, 2.75) is 52.0 Å². The third-order valence-corrected chi connectivity index (χ3v) is 3.71. The zero-order valence-corrected chi connectivity index (χ0v) is 12.7. The molecule has 0 spiro atoms. The number of aromatic amines is 2. The molecule has 0 amide bonds. The Labute approximate surface area is 126 Å². The highest BCUT2D eigenvalue weighted by Gasteiger charge is 2.16. The van der Waals surface area contributed by atoms with Crippen molar-refractivity contribution >= 4 is 17.1 Å². The summed E-state index contributed by atoms with van der Waals surface area (Å²) in [7, 11) is 0. The van der Waals surface area contributed by atoms with E-state index < -0.39 is 17.2 Å². The highest BCUT2D eigenvalue weighted by Crippen LogP contribution is 2.14. The molecule has 1 unspecified atom stereocenters. The Morgan fingerprint density at radius 3 is 2.68 bits per heavy atom. The van der Waals surface area contributed by atoms with Gasteiger partial charge in [0.2, 0.25) is 0 Å². The van der Waals surface area contributed by atoms with Crippen LogP contribution in [0.1, 0.15) is 51.4 Å². The molecule has 2 aromatic heterocycles. The number of nitrogens with one attached hydrogen (secondary N) is 2. The van der Waals surface area contributed by atoms with Crippen molar-refractivity contribution in [1.29, 1.82) is 0 Å². The molecule has 0 aliphatic carbocycles. The van der Waals surface area contributed by atoms with Crippen LogP contribution in [0.2, 0.25) is 0 Å². The average molecular weight is 308 g/mol. The lowest BCUT2D eigenvalue weighted by Gasteiger charge is -2.12. The zero-order chi connectivity index (χ0) is 16.3. The van der Waals surface area contributed by atoms with Crippen LogP contribution in [0.5, 0.6) is 0 Å². The first-order valence-electron chi connectivity index (χ1n) is 7.39. The maximum Gasteiger partial charge on any atom is 0.330 e. The molecule has 0 aliphatic rings. The van der Waals surface area contributed by atoms with Crippen molar-refractivity contribution in [3.8, 4) is 0 Å². The van der Waals surface area contributed by atoms with Gasteiger partial charge in [-0.25, -0.2) is 9.78 Å². The Balaban J connectivity index is 2.32. The number of aliphatic carboxylic acids is 1. The van der Waals surface area contributed by atoms with E-state index in [9.17, 15) is 14.4 Å². The van der Waals surface area contributed by atoms with Crippen molar-refractivity contribution in [2.75, 3.05) is 0 Å². The molecule has 2 aromatic rings. The molecule has 0 fully saturated rings. The summed E-state index contributed by atoms with van der Waals surface area (Å²) < 4.78 is 1.48. The van der Waals surface area contributed by atoms with E-state index in [1.54, 1.807) is 0 Å². The van der Waals surface area contributed by atoms with E-state index in [-0.39, 0.29) is 18.0 Å². The number of hydrogen-bond acceptors (Lipinski definition) is 4. The molecule has 2 heterocycles. The molecule has 0 radical (unpaired) electrons. The van der Waals surface area contributed by atoms with Gasteiger partial charge in [0.25, 0.3) is 5.56 Å². The number of aryl methyl sites for hydroxylation is 1. The molecule has 0 saturated carbocycles. The Bertz CT molecular complexity index is 786. The normalized spacial score (nSPS) is 12.6. The summed E-state index contributed by atoms with van der Waals surface area (Å²) in [5, 5.41) is 8.61. The summed E-state index contributed by atoms with van der Waals surface area (Å²) in [5.74, 6) is -0.236. The molecule has 22 heavy (non-hydrogen) atoms. The van der Waals surface area contributed by atoms with Gasteiger partial charge in [0.05, 0.1) is 0 Å². The molecule has 8 heteroatoms. The Morgan fingerprint density at radius 2 is 2.05 bits per heavy atom.